The molecule has 0 aliphatic rings. The molecule has 2 unspecified atom stereocenters. The molecule has 1 aromatic carbocycles. The van der Waals surface area contributed by atoms with Crippen LogP contribution in [0.1, 0.15) is 85.0 Å². The van der Waals surface area contributed by atoms with Gasteiger partial charge in [-0.1, -0.05) is 18.2 Å². The third-order valence-electron chi connectivity index (χ3n) is 4.98. The first-order valence-corrected chi connectivity index (χ1v) is 11.6. The Morgan fingerprint density at radius 3 is 1.94 bits per heavy atom. The van der Waals surface area contributed by atoms with E-state index in [1.165, 1.54) is 4.90 Å². The summed E-state index contributed by atoms with van der Waals surface area (Å²) in [5.41, 5.74) is 0.559. The van der Waals surface area contributed by atoms with Gasteiger partial charge in [0.2, 0.25) is 11.8 Å². The summed E-state index contributed by atoms with van der Waals surface area (Å²) in [6, 6.07) is 3.36. The lowest BCUT2D eigenvalue weighted by atomic mass is 9.93. The van der Waals surface area contributed by atoms with Crippen LogP contribution < -0.4 is 10.6 Å². The van der Waals surface area contributed by atoms with Crippen LogP contribution in [0.15, 0.2) is 18.2 Å². The quantitative estimate of drug-likeness (QED) is 0.578. The molecule has 0 saturated carbocycles. The summed E-state index contributed by atoms with van der Waals surface area (Å²) in [4.78, 5) is 41.1. The first-order chi connectivity index (χ1) is 15.3. The van der Waals surface area contributed by atoms with Gasteiger partial charge in [-0.2, -0.15) is 0 Å². The summed E-state index contributed by atoms with van der Waals surface area (Å²) in [5, 5.41) is 15.4. The second-order valence-corrected chi connectivity index (χ2v) is 11.7. The molecule has 3 amide bonds. The summed E-state index contributed by atoms with van der Waals surface area (Å²) < 4.78 is 5.26. The fourth-order valence-corrected chi connectivity index (χ4v) is 3.44. The average molecular weight is 478 g/mol. The molecule has 34 heavy (non-hydrogen) atoms. The number of ether oxygens (including phenoxy) is 1. The van der Waals surface area contributed by atoms with Gasteiger partial charge >= 0.3 is 6.09 Å². The van der Waals surface area contributed by atoms with Crippen LogP contribution in [0.2, 0.25) is 0 Å². The van der Waals surface area contributed by atoms with Crippen molar-refractivity contribution in [2.24, 2.45) is 0 Å². The van der Waals surface area contributed by atoms with E-state index in [1.54, 1.807) is 20.8 Å². The zero-order valence-electron chi connectivity index (χ0n) is 22.6. The standard InChI is InChI=1S/C26H43N3O5/c1-16-12-13-18(14-17(16)2)20(21(31)28-24(3,4)5)29(25(6,7)8)22(32)19(15-30)27-23(33)34-26(9,10)11/h12-14,19-20,30H,15H2,1-11H3,(H,27,33)(H,28,31). The zero-order valence-corrected chi connectivity index (χ0v) is 22.6. The molecule has 8 nitrogen and oxygen atoms in total. The van der Waals surface area contributed by atoms with Crippen molar-refractivity contribution in [3.05, 3.63) is 34.9 Å². The highest BCUT2D eigenvalue weighted by Crippen LogP contribution is 2.31. The molecule has 2 atom stereocenters. The molecular formula is C26H43N3O5. The molecule has 0 spiro atoms. The van der Waals surface area contributed by atoms with Crippen molar-refractivity contribution in [2.75, 3.05) is 6.61 Å². The zero-order chi connectivity index (χ0) is 26.6. The summed E-state index contributed by atoms with van der Waals surface area (Å²) in [7, 11) is 0. The number of nitrogens with zero attached hydrogens (tertiary/aromatic N) is 1. The highest BCUT2D eigenvalue weighted by molar-refractivity contribution is 5.93. The number of nitrogens with one attached hydrogen (secondary N) is 2. The van der Waals surface area contributed by atoms with Gasteiger partial charge in [-0.25, -0.2) is 4.79 Å². The molecule has 1 aromatic rings. The lowest BCUT2D eigenvalue weighted by Crippen LogP contribution is -2.60. The molecule has 0 radical (unpaired) electrons. The fourth-order valence-electron chi connectivity index (χ4n) is 3.44. The van der Waals surface area contributed by atoms with Crippen molar-refractivity contribution in [3.63, 3.8) is 0 Å². The Kier molecular flexibility index (Phi) is 9.31. The number of hydrogen-bond acceptors (Lipinski definition) is 5. The molecule has 1 rings (SSSR count). The molecule has 0 aliphatic heterocycles. The Labute approximate surface area is 204 Å². The van der Waals surface area contributed by atoms with E-state index in [4.69, 9.17) is 4.74 Å². The number of rotatable bonds is 6. The third kappa shape index (κ3) is 8.63. The predicted octanol–water partition coefficient (Wildman–Crippen LogP) is 3.77. The molecule has 0 aromatic heterocycles. The van der Waals surface area contributed by atoms with E-state index in [2.05, 4.69) is 10.6 Å². The van der Waals surface area contributed by atoms with Crippen molar-refractivity contribution in [3.8, 4) is 0 Å². The van der Waals surface area contributed by atoms with E-state index < -0.39 is 47.4 Å². The maximum absolute atomic E-state index is 13.8. The van der Waals surface area contributed by atoms with Gasteiger partial charge in [-0.05, 0) is 92.9 Å². The Morgan fingerprint density at radius 1 is 0.971 bits per heavy atom. The minimum Gasteiger partial charge on any atom is -0.444 e. The van der Waals surface area contributed by atoms with E-state index in [0.29, 0.717) is 5.56 Å². The lowest BCUT2D eigenvalue weighted by Gasteiger charge is -2.43. The van der Waals surface area contributed by atoms with Crippen molar-refractivity contribution in [1.29, 1.82) is 0 Å². The Hall–Kier alpha value is -2.61. The average Bonchev–Trinajstić information content (AvgIpc) is 2.62. The van der Waals surface area contributed by atoms with Gasteiger partial charge < -0.3 is 25.4 Å². The molecule has 0 saturated heterocycles. The topological polar surface area (TPSA) is 108 Å². The number of aliphatic hydroxyl groups excluding tert-OH is 1. The number of aryl methyl sites for hydroxylation is 2. The molecule has 0 bridgehead atoms. The smallest absolute Gasteiger partial charge is 0.408 e. The minimum atomic E-state index is -1.29. The highest BCUT2D eigenvalue weighted by Gasteiger charge is 2.42. The summed E-state index contributed by atoms with van der Waals surface area (Å²) in [6.07, 6.45) is -0.823. The fraction of sp³-hybridized carbons (Fsp3) is 0.654. The molecule has 0 heterocycles. The largest absolute Gasteiger partial charge is 0.444 e. The molecule has 0 fully saturated rings. The van der Waals surface area contributed by atoms with Crippen molar-refractivity contribution < 1.29 is 24.2 Å². The van der Waals surface area contributed by atoms with Crippen molar-refractivity contribution >= 4 is 17.9 Å². The highest BCUT2D eigenvalue weighted by atomic mass is 16.6. The van der Waals surface area contributed by atoms with Gasteiger partial charge in [0.25, 0.3) is 0 Å². The monoisotopic (exact) mass is 477 g/mol. The first kappa shape index (κ1) is 29.4. The maximum Gasteiger partial charge on any atom is 0.408 e. The van der Waals surface area contributed by atoms with E-state index in [1.807, 2.05) is 73.6 Å². The van der Waals surface area contributed by atoms with Crippen LogP contribution in [0.5, 0.6) is 0 Å². The summed E-state index contributed by atoms with van der Waals surface area (Å²) in [5.74, 6) is -0.943. The van der Waals surface area contributed by atoms with E-state index in [0.717, 1.165) is 11.1 Å². The van der Waals surface area contributed by atoms with Gasteiger partial charge in [0.15, 0.2) is 0 Å². The predicted molar refractivity (Wildman–Crippen MR) is 133 cm³/mol. The van der Waals surface area contributed by atoms with Crippen LogP contribution in [0, 0.1) is 13.8 Å². The van der Waals surface area contributed by atoms with Gasteiger partial charge in [-0.3, -0.25) is 9.59 Å². The number of alkyl carbamates (subject to hydrolysis) is 1. The number of amides is 3. The minimum absolute atomic E-state index is 0.354. The van der Waals surface area contributed by atoms with Crippen LogP contribution in [-0.4, -0.2) is 57.2 Å². The normalized spacial score (nSPS) is 14.1. The molecule has 8 heteroatoms. The lowest BCUT2D eigenvalue weighted by molar-refractivity contribution is -0.149. The van der Waals surface area contributed by atoms with E-state index in [-0.39, 0.29) is 5.91 Å². The van der Waals surface area contributed by atoms with Crippen molar-refractivity contribution in [1.82, 2.24) is 15.5 Å². The maximum atomic E-state index is 13.8. The Balaban J connectivity index is 3.56. The van der Waals surface area contributed by atoms with Gasteiger partial charge in [0.1, 0.15) is 17.7 Å². The summed E-state index contributed by atoms with van der Waals surface area (Å²) in [6.45, 7) is 19.4. The van der Waals surface area contributed by atoms with Crippen LogP contribution in [0.3, 0.4) is 0 Å². The van der Waals surface area contributed by atoms with Gasteiger partial charge in [0, 0.05) is 11.1 Å². The van der Waals surface area contributed by atoms with Crippen LogP contribution in [0.25, 0.3) is 0 Å². The molecule has 0 aliphatic carbocycles. The number of carbonyl (C=O) groups is 3. The Morgan fingerprint density at radius 2 is 1.53 bits per heavy atom. The number of carbonyl (C=O) groups excluding carboxylic acids is 3. The van der Waals surface area contributed by atoms with Crippen LogP contribution in [0.4, 0.5) is 4.79 Å². The van der Waals surface area contributed by atoms with E-state index >= 15 is 0 Å². The summed E-state index contributed by atoms with van der Waals surface area (Å²) >= 11 is 0. The first-order valence-electron chi connectivity index (χ1n) is 11.6. The van der Waals surface area contributed by atoms with Gasteiger partial charge in [0.05, 0.1) is 6.61 Å². The number of hydrogen-bond donors (Lipinski definition) is 3. The van der Waals surface area contributed by atoms with Crippen LogP contribution in [-0.2, 0) is 14.3 Å². The number of aliphatic hydroxyl groups is 1. The van der Waals surface area contributed by atoms with Crippen LogP contribution >= 0.6 is 0 Å². The number of benzene rings is 1. The van der Waals surface area contributed by atoms with E-state index in [9.17, 15) is 19.5 Å². The molecule has 3 N–H and O–H groups in total. The third-order valence-corrected chi connectivity index (χ3v) is 4.98. The second kappa shape index (κ2) is 10.8. The van der Waals surface area contributed by atoms with Gasteiger partial charge in [-0.15, -0.1) is 0 Å². The van der Waals surface area contributed by atoms with Crippen molar-refractivity contribution in [2.45, 2.75) is 105 Å². The Bertz CT molecular complexity index is 891. The SMILES string of the molecule is Cc1ccc(C(C(=O)NC(C)(C)C)N(C(=O)C(CO)NC(=O)OC(C)(C)C)C(C)(C)C)cc1C. The molecular weight excluding hydrogens is 434 g/mol. The second-order valence-electron chi connectivity index (χ2n) is 11.7. The molecule has 192 valence electrons.